The van der Waals surface area contributed by atoms with Crippen molar-refractivity contribution in [3.8, 4) is 34.2 Å². The molecule has 0 amide bonds. The summed E-state index contributed by atoms with van der Waals surface area (Å²) in [5.41, 5.74) is 5.90. The zero-order valence-electron chi connectivity index (χ0n) is 24.4. The first-order chi connectivity index (χ1) is 22.8. The number of pyridine rings is 1. The predicted octanol–water partition coefficient (Wildman–Crippen LogP) is 10.3. The largest absolute Gasteiger partial charge is 0.299 e. The van der Waals surface area contributed by atoms with Gasteiger partial charge < -0.3 is 0 Å². The molecule has 6 aromatic carbocycles. The minimum absolute atomic E-state index is 0.642. The van der Waals surface area contributed by atoms with Gasteiger partial charge in [-0.15, -0.1) is 11.3 Å². The quantitative estimate of drug-likeness (QED) is 0.188. The zero-order valence-corrected chi connectivity index (χ0v) is 25.2. The summed E-state index contributed by atoms with van der Waals surface area (Å²) >= 11 is 1.81. The van der Waals surface area contributed by atoms with Gasteiger partial charge in [0.1, 0.15) is 5.65 Å². The molecule has 0 atom stereocenters. The molecular weight excluding hydrogens is 583 g/mol. The summed E-state index contributed by atoms with van der Waals surface area (Å²) in [4.78, 5) is 20.2. The van der Waals surface area contributed by atoms with E-state index in [4.69, 9.17) is 19.9 Å². The van der Waals surface area contributed by atoms with E-state index in [0.717, 1.165) is 54.9 Å². The van der Waals surface area contributed by atoms with E-state index >= 15 is 0 Å². The Morgan fingerprint density at radius 2 is 1.04 bits per heavy atom. The highest BCUT2D eigenvalue weighted by molar-refractivity contribution is 7.25. The van der Waals surface area contributed by atoms with E-state index in [1.54, 1.807) is 0 Å². The highest BCUT2D eigenvalue weighted by Crippen LogP contribution is 2.39. The molecule has 0 bridgehead atoms. The predicted molar refractivity (Wildman–Crippen MR) is 190 cm³/mol. The molecule has 214 valence electrons. The lowest BCUT2D eigenvalue weighted by atomic mass is 9.98. The summed E-state index contributed by atoms with van der Waals surface area (Å²) < 4.78 is 4.71. The van der Waals surface area contributed by atoms with Crippen molar-refractivity contribution >= 4 is 69.7 Å². The average Bonchev–Trinajstić information content (AvgIpc) is 3.70. The SMILES string of the molecule is c1ccc(-c2nc(-c3ccc4sc5ccccc5c4c3)nc(-c3ccc4c(c3)c3ccccc3c3nc5ccccn5c43)n2)cc1. The molecule has 0 saturated carbocycles. The highest BCUT2D eigenvalue weighted by atomic mass is 32.1. The lowest BCUT2D eigenvalue weighted by Crippen LogP contribution is -2.00. The molecule has 6 heteroatoms. The first kappa shape index (κ1) is 25.4. The molecule has 5 nitrogen and oxygen atoms in total. The summed E-state index contributed by atoms with van der Waals surface area (Å²) in [7, 11) is 0. The summed E-state index contributed by atoms with van der Waals surface area (Å²) in [6, 6.07) is 46.4. The molecular formula is C40H23N5S. The van der Waals surface area contributed by atoms with Crippen LogP contribution in [0.15, 0.2) is 140 Å². The number of imidazole rings is 1. The first-order valence-electron chi connectivity index (χ1n) is 15.2. The van der Waals surface area contributed by atoms with Gasteiger partial charge in [0, 0.05) is 53.8 Å². The molecule has 10 rings (SSSR count). The Morgan fingerprint density at radius 3 is 1.87 bits per heavy atom. The van der Waals surface area contributed by atoms with Crippen molar-refractivity contribution in [1.29, 1.82) is 0 Å². The van der Waals surface area contributed by atoms with E-state index in [-0.39, 0.29) is 0 Å². The van der Waals surface area contributed by atoms with Crippen LogP contribution in [-0.4, -0.2) is 24.3 Å². The Bertz CT molecular complexity index is 2820. The van der Waals surface area contributed by atoms with Crippen LogP contribution in [0, 0.1) is 0 Å². The van der Waals surface area contributed by atoms with Crippen molar-refractivity contribution in [2.24, 2.45) is 0 Å². The average molecular weight is 606 g/mol. The van der Waals surface area contributed by atoms with Crippen LogP contribution in [0.1, 0.15) is 0 Å². The van der Waals surface area contributed by atoms with Crippen LogP contribution in [0.4, 0.5) is 0 Å². The summed E-state index contributed by atoms with van der Waals surface area (Å²) in [6.45, 7) is 0. The standard InChI is InChI=1S/C40H23N5S/c1-2-10-24(11-3-1)38-42-39(44-40(43-38)26-18-20-34-32(23-26)28-13-6-7-15-33(28)46-34)25-17-19-30-31(22-25)27-12-4-5-14-29(27)36-37(30)45-21-9-8-16-35(45)41-36/h1-23H. The molecule has 0 N–H and O–H groups in total. The number of benzene rings is 6. The molecule has 0 radical (unpaired) electrons. The van der Waals surface area contributed by atoms with E-state index < -0.39 is 0 Å². The minimum atomic E-state index is 0.642. The van der Waals surface area contributed by atoms with Crippen LogP contribution in [0.5, 0.6) is 0 Å². The fourth-order valence-electron chi connectivity index (χ4n) is 6.69. The number of aromatic nitrogens is 5. The molecule has 0 saturated heterocycles. The Kier molecular flexibility index (Phi) is 5.38. The third-order valence-electron chi connectivity index (χ3n) is 8.84. The second-order valence-corrected chi connectivity index (χ2v) is 12.6. The Labute approximate surface area is 267 Å². The molecule has 0 aliphatic heterocycles. The van der Waals surface area contributed by atoms with Crippen LogP contribution < -0.4 is 0 Å². The number of thiophene rings is 1. The van der Waals surface area contributed by atoms with Crippen molar-refractivity contribution in [3.63, 3.8) is 0 Å². The van der Waals surface area contributed by atoms with Crippen LogP contribution in [-0.2, 0) is 0 Å². The molecule has 10 aromatic rings. The maximum Gasteiger partial charge on any atom is 0.164 e. The van der Waals surface area contributed by atoms with E-state index in [1.807, 2.05) is 47.7 Å². The van der Waals surface area contributed by atoms with Crippen molar-refractivity contribution in [1.82, 2.24) is 24.3 Å². The lowest BCUT2D eigenvalue weighted by molar-refractivity contribution is 1.08. The van der Waals surface area contributed by atoms with Gasteiger partial charge in [-0.3, -0.25) is 4.40 Å². The maximum absolute atomic E-state index is 5.12. The molecule has 0 spiro atoms. The van der Waals surface area contributed by atoms with E-state index in [9.17, 15) is 0 Å². The van der Waals surface area contributed by atoms with Gasteiger partial charge in [-0.25, -0.2) is 19.9 Å². The number of fused-ring (bicyclic) bond motifs is 11. The minimum Gasteiger partial charge on any atom is -0.299 e. The second kappa shape index (κ2) is 9.76. The van der Waals surface area contributed by atoms with Gasteiger partial charge in [0.15, 0.2) is 17.5 Å². The molecule has 0 fully saturated rings. The summed E-state index contributed by atoms with van der Waals surface area (Å²) in [5.74, 6) is 1.95. The maximum atomic E-state index is 5.12. The van der Waals surface area contributed by atoms with Crippen LogP contribution in [0.3, 0.4) is 0 Å². The van der Waals surface area contributed by atoms with Gasteiger partial charge in [-0.2, -0.15) is 0 Å². The van der Waals surface area contributed by atoms with Crippen molar-refractivity contribution in [3.05, 3.63) is 140 Å². The fraction of sp³-hybridized carbons (Fsp3) is 0. The Morgan fingerprint density at radius 1 is 0.413 bits per heavy atom. The van der Waals surface area contributed by atoms with Gasteiger partial charge >= 0.3 is 0 Å². The molecule has 0 unspecified atom stereocenters. The Hall–Kier alpha value is -5.98. The van der Waals surface area contributed by atoms with Gasteiger partial charge in [0.2, 0.25) is 0 Å². The monoisotopic (exact) mass is 605 g/mol. The molecule has 4 aromatic heterocycles. The number of nitrogens with zero attached hydrogens (tertiary/aromatic N) is 5. The summed E-state index contributed by atoms with van der Waals surface area (Å²) in [5, 5.41) is 7.03. The van der Waals surface area contributed by atoms with E-state index in [1.165, 1.54) is 20.2 Å². The number of hydrogen-bond donors (Lipinski definition) is 0. The first-order valence-corrected chi connectivity index (χ1v) is 16.0. The van der Waals surface area contributed by atoms with Crippen LogP contribution in [0.2, 0.25) is 0 Å². The highest BCUT2D eigenvalue weighted by Gasteiger charge is 2.18. The van der Waals surface area contributed by atoms with E-state index in [2.05, 4.69) is 108 Å². The third-order valence-corrected chi connectivity index (χ3v) is 9.99. The van der Waals surface area contributed by atoms with Crippen molar-refractivity contribution < 1.29 is 0 Å². The molecule has 4 heterocycles. The van der Waals surface area contributed by atoms with Gasteiger partial charge in [0.25, 0.3) is 0 Å². The number of hydrogen-bond acceptors (Lipinski definition) is 5. The van der Waals surface area contributed by atoms with E-state index in [0.29, 0.717) is 17.5 Å². The fourth-order valence-corrected chi connectivity index (χ4v) is 7.78. The van der Waals surface area contributed by atoms with Crippen molar-refractivity contribution in [2.45, 2.75) is 0 Å². The molecule has 0 aliphatic carbocycles. The lowest BCUT2D eigenvalue weighted by Gasteiger charge is -2.11. The smallest absolute Gasteiger partial charge is 0.164 e. The number of rotatable bonds is 3. The zero-order chi connectivity index (χ0) is 30.2. The Balaban J connectivity index is 1.23. The topological polar surface area (TPSA) is 56.0 Å². The molecule has 46 heavy (non-hydrogen) atoms. The van der Waals surface area contributed by atoms with Gasteiger partial charge in [-0.05, 0) is 53.2 Å². The molecule has 0 aliphatic rings. The van der Waals surface area contributed by atoms with Gasteiger partial charge in [-0.1, -0.05) is 91.0 Å². The van der Waals surface area contributed by atoms with Crippen LogP contribution in [0.25, 0.3) is 92.6 Å². The van der Waals surface area contributed by atoms with Gasteiger partial charge in [0.05, 0.1) is 11.0 Å². The normalized spacial score (nSPS) is 11.9. The summed E-state index contributed by atoms with van der Waals surface area (Å²) in [6.07, 6.45) is 2.09. The third kappa shape index (κ3) is 3.81. The van der Waals surface area contributed by atoms with Crippen LogP contribution >= 0.6 is 11.3 Å². The van der Waals surface area contributed by atoms with Crippen molar-refractivity contribution in [2.75, 3.05) is 0 Å². The second-order valence-electron chi connectivity index (χ2n) is 11.5.